The van der Waals surface area contributed by atoms with Gasteiger partial charge in [-0.05, 0) is 30.9 Å². The highest BCUT2D eigenvalue weighted by Gasteiger charge is 2.38. The van der Waals surface area contributed by atoms with Crippen LogP contribution in [-0.4, -0.2) is 21.3 Å². The third-order valence-corrected chi connectivity index (χ3v) is 4.57. The lowest BCUT2D eigenvalue weighted by molar-refractivity contribution is 0.355. The normalized spacial score (nSPS) is 20.2. The van der Waals surface area contributed by atoms with E-state index in [1.54, 1.807) is 11.8 Å². The summed E-state index contributed by atoms with van der Waals surface area (Å²) in [4.78, 5) is 9.52. The molecule has 2 heterocycles. The monoisotopic (exact) mass is 266 g/mol. The first-order valence-electron chi connectivity index (χ1n) is 5.61. The number of anilines is 1. The van der Waals surface area contributed by atoms with Gasteiger partial charge in [0.2, 0.25) is 5.28 Å². The number of aromatic nitrogens is 2. The Kier molecular flexibility index (Phi) is 2.64. The van der Waals surface area contributed by atoms with Gasteiger partial charge < -0.3 is 5.32 Å². The third kappa shape index (κ3) is 1.85. The minimum atomic E-state index is -0.436. The minimum Gasteiger partial charge on any atom is -0.351 e. The van der Waals surface area contributed by atoms with Crippen molar-refractivity contribution in [2.75, 3.05) is 11.1 Å². The molecule has 0 bridgehead atoms. The van der Waals surface area contributed by atoms with Crippen LogP contribution < -0.4 is 5.32 Å². The van der Waals surface area contributed by atoms with Gasteiger partial charge in [0.1, 0.15) is 11.4 Å². The van der Waals surface area contributed by atoms with Crippen molar-refractivity contribution in [2.45, 2.75) is 36.1 Å². The lowest BCUT2D eigenvalue weighted by Gasteiger charge is -2.36. The summed E-state index contributed by atoms with van der Waals surface area (Å²) in [6, 6.07) is 2.35. The van der Waals surface area contributed by atoms with Crippen molar-refractivity contribution in [2.24, 2.45) is 0 Å². The van der Waals surface area contributed by atoms with Gasteiger partial charge in [0, 0.05) is 12.2 Å². The number of hydrogen-bond donors (Lipinski definition) is 1. The predicted octanol–water partition coefficient (Wildman–Crippen LogP) is 2.64. The Hall–Kier alpha value is -0.990. The number of hydrogen-bond acceptors (Lipinski definition) is 5. The van der Waals surface area contributed by atoms with Crippen LogP contribution in [0.2, 0.25) is 5.28 Å². The van der Waals surface area contributed by atoms with Crippen LogP contribution in [0.1, 0.15) is 25.0 Å². The van der Waals surface area contributed by atoms with Gasteiger partial charge in [0.05, 0.1) is 16.7 Å². The summed E-state index contributed by atoms with van der Waals surface area (Å²) in [5.74, 6) is 1.75. The highest BCUT2D eigenvalue weighted by Crippen LogP contribution is 2.40. The fraction of sp³-hybridized carbons (Fsp3) is 0.545. The summed E-state index contributed by atoms with van der Waals surface area (Å²) in [5, 5.41) is 12.8. The van der Waals surface area contributed by atoms with E-state index in [4.69, 9.17) is 11.6 Å². The Balaban J connectivity index is 1.96. The van der Waals surface area contributed by atoms with Crippen LogP contribution in [0.25, 0.3) is 0 Å². The molecule has 1 N–H and O–H groups in total. The highest BCUT2D eigenvalue weighted by atomic mass is 35.5. The van der Waals surface area contributed by atoms with Gasteiger partial charge >= 0.3 is 0 Å². The number of nitrogens with zero attached hydrogens (tertiary/aromatic N) is 3. The molecule has 0 amide bonds. The zero-order chi connectivity index (χ0) is 11.9. The first-order chi connectivity index (χ1) is 8.22. The summed E-state index contributed by atoms with van der Waals surface area (Å²) in [7, 11) is 0. The molecule has 0 unspecified atom stereocenters. The van der Waals surface area contributed by atoms with Crippen molar-refractivity contribution >= 4 is 29.2 Å². The molecule has 1 aromatic heterocycles. The molecule has 0 radical (unpaired) electrons. The molecule has 3 rings (SSSR count). The maximum atomic E-state index is 9.22. The van der Waals surface area contributed by atoms with E-state index in [2.05, 4.69) is 21.4 Å². The topological polar surface area (TPSA) is 61.6 Å². The number of nitrogens with one attached hydrogen (secondary N) is 1. The summed E-state index contributed by atoms with van der Waals surface area (Å²) in [6.45, 7) is 0. The molecule has 0 atom stereocenters. The molecule has 88 valence electrons. The van der Waals surface area contributed by atoms with E-state index in [0.29, 0.717) is 0 Å². The van der Waals surface area contributed by atoms with E-state index in [1.165, 1.54) is 0 Å². The van der Waals surface area contributed by atoms with Crippen molar-refractivity contribution in [3.8, 4) is 6.07 Å². The van der Waals surface area contributed by atoms with Crippen LogP contribution in [0.3, 0.4) is 0 Å². The van der Waals surface area contributed by atoms with Crippen molar-refractivity contribution < 1.29 is 0 Å². The first kappa shape index (κ1) is 11.1. The Morgan fingerprint density at radius 1 is 1.41 bits per heavy atom. The largest absolute Gasteiger partial charge is 0.351 e. The van der Waals surface area contributed by atoms with Crippen LogP contribution in [0, 0.1) is 11.3 Å². The Labute approximate surface area is 109 Å². The van der Waals surface area contributed by atoms with E-state index in [0.717, 1.165) is 47.8 Å². The summed E-state index contributed by atoms with van der Waals surface area (Å²) >= 11 is 7.64. The van der Waals surface area contributed by atoms with Crippen LogP contribution in [-0.2, 0) is 6.42 Å². The Bertz CT molecular complexity index is 507. The summed E-state index contributed by atoms with van der Waals surface area (Å²) in [6.07, 6.45) is 3.78. The maximum Gasteiger partial charge on any atom is 0.224 e. The molecule has 6 heteroatoms. The minimum absolute atomic E-state index is 0.265. The number of fused-ring (bicyclic) bond motifs is 1. The maximum absolute atomic E-state index is 9.22. The van der Waals surface area contributed by atoms with Gasteiger partial charge in [-0.3, -0.25) is 0 Å². The fourth-order valence-electron chi connectivity index (χ4n) is 2.14. The number of thioether (sulfide) groups is 1. The molecule has 0 spiro atoms. The van der Waals surface area contributed by atoms with E-state index >= 15 is 0 Å². The molecule has 4 nitrogen and oxygen atoms in total. The predicted molar refractivity (Wildman–Crippen MR) is 67.3 cm³/mol. The van der Waals surface area contributed by atoms with E-state index in [9.17, 15) is 5.26 Å². The molecule has 0 saturated heterocycles. The number of halogens is 1. The standard InChI is InChI=1S/C11H11ClN4S/c12-10-14-7-2-5-17-8(7)9(15-10)16-11(6-13)3-1-4-11/h1-5H2,(H,14,15,16). The highest BCUT2D eigenvalue weighted by molar-refractivity contribution is 7.99. The van der Waals surface area contributed by atoms with Gasteiger partial charge in [0.25, 0.3) is 0 Å². The average Bonchev–Trinajstić information content (AvgIpc) is 2.71. The van der Waals surface area contributed by atoms with E-state index < -0.39 is 5.54 Å². The van der Waals surface area contributed by atoms with E-state index in [1.807, 2.05) is 0 Å². The first-order valence-corrected chi connectivity index (χ1v) is 6.97. The molecule has 1 aromatic rings. The fourth-order valence-corrected chi connectivity index (χ4v) is 3.38. The molecule has 1 aliphatic carbocycles. The van der Waals surface area contributed by atoms with Crippen molar-refractivity contribution in [1.29, 1.82) is 5.26 Å². The zero-order valence-corrected chi connectivity index (χ0v) is 10.7. The Morgan fingerprint density at radius 2 is 2.24 bits per heavy atom. The van der Waals surface area contributed by atoms with Crippen LogP contribution in [0.15, 0.2) is 4.90 Å². The molecule has 17 heavy (non-hydrogen) atoms. The zero-order valence-electron chi connectivity index (χ0n) is 9.16. The lowest BCUT2D eigenvalue weighted by atomic mass is 9.78. The summed E-state index contributed by atoms with van der Waals surface area (Å²) < 4.78 is 0. The number of nitriles is 1. The third-order valence-electron chi connectivity index (χ3n) is 3.27. The summed E-state index contributed by atoms with van der Waals surface area (Å²) in [5.41, 5.74) is 0.569. The quantitative estimate of drug-likeness (QED) is 0.834. The van der Waals surface area contributed by atoms with Gasteiger partial charge in [-0.15, -0.1) is 11.8 Å². The molecular weight excluding hydrogens is 256 g/mol. The van der Waals surface area contributed by atoms with Gasteiger partial charge in [0.15, 0.2) is 0 Å². The second-order valence-electron chi connectivity index (χ2n) is 4.39. The molecular formula is C11H11ClN4S. The van der Waals surface area contributed by atoms with E-state index in [-0.39, 0.29) is 5.28 Å². The van der Waals surface area contributed by atoms with Crippen molar-refractivity contribution in [3.63, 3.8) is 0 Å². The van der Waals surface area contributed by atoms with Crippen LogP contribution in [0.5, 0.6) is 0 Å². The van der Waals surface area contributed by atoms with Crippen LogP contribution in [0.4, 0.5) is 5.82 Å². The molecule has 2 aliphatic rings. The second-order valence-corrected chi connectivity index (χ2v) is 5.83. The van der Waals surface area contributed by atoms with Crippen molar-refractivity contribution in [3.05, 3.63) is 11.0 Å². The Morgan fingerprint density at radius 3 is 2.88 bits per heavy atom. The molecule has 1 saturated carbocycles. The van der Waals surface area contributed by atoms with Crippen LogP contribution >= 0.6 is 23.4 Å². The number of rotatable bonds is 2. The average molecular weight is 267 g/mol. The molecule has 0 aromatic carbocycles. The van der Waals surface area contributed by atoms with Gasteiger partial charge in [-0.1, -0.05) is 0 Å². The van der Waals surface area contributed by atoms with Gasteiger partial charge in [-0.25, -0.2) is 4.98 Å². The number of aryl methyl sites for hydroxylation is 1. The molecule has 1 aliphatic heterocycles. The lowest BCUT2D eigenvalue weighted by Crippen LogP contribution is -2.43. The smallest absolute Gasteiger partial charge is 0.224 e. The van der Waals surface area contributed by atoms with Gasteiger partial charge in [-0.2, -0.15) is 10.2 Å². The SMILES string of the molecule is N#CC1(Nc2nc(Cl)nc3c2SCC3)CCC1. The second kappa shape index (κ2) is 4.04. The molecule has 1 fully saturated rings. The van der Waals surface area contributed by atoms with Crippen molar-refractivity contribution in [1.82, 2.24) is 9.97 Å².